The molecule has 1 N–H and O–H groups in total. The van der Waals surface area contributed by atoms with Crippen LogP contribution in [0.15, 0.2) is 24.7 Å². The zero-order valence-corrected chi connectivity index (χ0v) is 20.0. The molecule has 0 aliphatic carbocycles. The molecule has 190 valence electrons. The summed E-state index contributed by atoms with van der Waals surface area (Å²) >= 11 is 0. The van der Waals surface area contributed by atoms with E-state index in [0.29, 0.717) is 76.1 Å². The second-order valence-electron chi connectivity index (χ2n) is 9.20. The number of ether oxygens (including phenoxy) is 2. The summed E-state index contributed by atoms with van der Waals surface area (Å²) in [5.74, 6) is 1.18. The number of nitrogens with one attached hydrogen (secondary N) is 1. The Bertz CT molecular complexity index is 1250. The first-order chi connectivity index (χ1) is 17.7. The van der Waals surface area contributed by atoms with E-state index >= 15 is 0 Å². The number of anilines is 2. The molecule has 3 aliphatic rings. The molecule has 1 aromatic carbocycles. The van der Waals surface area contributed by atoms with Crippen molar-refractivity contribution in [2.75, 3.05) is 75.9 Å². The van der Waals surface area contributed by atoms with Gasteiger partial charge in [-0.2, -0.15) is 0 Å². The Balaban J connectivity index is 1.12. The van der Waals surface area contributed by atoms with E-state index in [1.165, 1.54) is 6.07 Å². The summed E-state index contributed by atoms with van der Waals surface area (Å²) in [5.41, 5.74) is 3.02. The number of hydrogen-bond donors (Lipinski definition) is 1. The maximum Gasteiger partial charge on any atom is 0.236 e. The summed E-state index contributed by atoms with van der Waals surface area (Å²) in [6, 6.07) is 3.12. The quantitative estimate of drug-likeness (QED) is 0.531. The number of piperazine rings is 1. The van der Waals surface area contributed by atoms with Gasteiger partial charge in [-0.05, 0) is 12.1 Å². The average Bonchev–Trinajstić information content (AvgIpc) is 3.59. The van der Waals surface area contributed by atoms with Crippen LogP contribution in [0.2, 0.25) is 0 Å². The van der Waals surface area contributed by atoms with Crippen LogP contribution >= 0.6 is 0 Å². The molecular formula is C24H29FN8O3. The highest BCUT2D eigenvalue weighted by Gasteiger charge is 2.26. The van der Waals surface area contributed by atoms with Crippen LogP contribution in [0.3, 0.4) is 0 Å². The van der Waals surface area contributed by atoms with Gasteiger partial charge >= 0.3 is 0 Å². The second-order valence-corrected chi connectivity index (χ2v) is 9.20. The first-order valence-corrected chi connectivity index (χ1v) is 12.4. The second kappa shape index (κ2) is 9.86. The highest BCUT2D eigenvalue weighted by atomic mass is 19.1. The fourth-order valence-corrected chi connectivity index (χ4v) is 5.08. The molecule has 0 radical (unpaired) electrons. The topological polar surface area (TPSA) is 100 Å². The van der Waals surface area contributed by atoms with E-state index in [4.69, 9.17) is 9.47 Å². The van der Waals surface area contributed by atoms with Gasteiger partial charge in [0, 0.05) is 63.4 Å². The molecule has 0 saturated carbocycles. The molecule has 0 unspecified atom stereocenters. The summed E-state index contributed by atoms with van der Waals surface area (Å²) in [6.45, 7) is 6.92. The van der Waals surface area contributed by atoms with Crippen molar-refractivity contribution < 1.29 is 18.7 Å². The van der Waals surface area contributed by atoms with E-state index in [0.717, 1.165) is 30.1 Å². The molecule has 3 aromatic rings. The molecule has 0 bridgehead atoms. The normalized spacial score (nSPS) is 18.4. The van der Waals surface area contributed by atoms with Crippen molar-refractivity contribution in [2.24, 2.45) is 0 Å². The van der Waals surface area contributed by atoms with Gasteiger partial charge in [0.15, 0.2) is 5.65 Å². The SMILES string of the molecule is O=C(CN1CCOCC1)N1CCN(c2cnc(NCc3c(F)ccc4c3CCO4)n3cnnc23)CC1. The van der Waals surface area contributed by atoms with Gasteiger partial charge in [0.05, 0.1) is 32.6 Å². The van der Waals surface area contributed by atoms with Crippen LogP contribution < -0.4 is 15.0 Å². The van der Waals surface area contributed by atoms with Crippen molar-refractivity contribution in [1.82, 2.24) is 29.4 Å². The summed E-state index contributed by atoms with van der Waals surface area (Å²) in [7, 11) is 0. The van der Waals surface area contributed by atoms with Crippen molar-refractivity contribution in [3.63, 3.8) is 0 Å². The van der Waals surface area contributed by atoms with E-state index in [1.54, 1.807) is 23.0 Å². The highest BCUT2D eigenvalue weighted by Crippen LogP contribution is 2.31. The van der Waals surface area contributed by atoms with Crippen molar-refractivity contribution in [3.05, 3.63) is 41.6 Å². The minimum absolute atomic E-state index is 0.159. The van der Waals surface area contributed by atoms with Crippen molar-refractivity contribution in [2.45, 2.75) is 13.0 Å². The Hall–Kier alpha value is -3.51. The molecule has 12 heteroatoms. The summed E-state index contributed by atoms with van der Waals surface area (Å²) < 4.78 is 27.3. The molecule has 0 atom stereocenters. The Morgan fingerprint density at radius 3 is 2.75 bits per heavy atom. The number of rotatable bonds is 6. The number of hydrogen-bond acceptors (Lipinski definition) is 9. The number of carbonyl (C=O) groups excluding carboxylic acids is 1. The maximum absolute atomic E-state index is 14.5. The average molecular weight is 497 g/mol. The van der Waals surface area contributed by atoms with E-state index in [1.807, 2.05) is 4.90 Å². The Labute approximate surface area is 207 Å². The first-order valence-electron chi connectivity index (χ1n) is 12.4. The van der Waals surface area contributed by atoms with Gasteiger partial charge < -0.3 is 24.6 Å². The van der Waals surface area contributed by atoms with E-state index in [-0.39, 0.29) is 18.3 Å². The van der Waals surface area contributed by atoms with Gasteiger partial charge in [-0.3, -0.25) is 9.69 Å². The van der Waals surface area contributed by atoms with Crippen LogP contribution in [0.25, 0.3) is 5.65 Å². The van der Waals surface area contributed by atoms with Gasteiger partial charge in [-0.1, -0.05) is 0 Å². The predicted octanol–water partition coefficient (Wildman–Crippen LogP) is 0.791. The monoisotopic (exact) mass is 496 g/mol. The molecule has 0 spiro atoms. The third kappa shape index (κ3) is 4.42. The number of carbonyl (C=O) groups is 1. The van der Waals surface area contributed by atoms with Gasteiger partial charge in [0.25, 0.3) is 0 Å². The van der Waals surface area contributed by atoms with Crippen LogP contribution in [0.5, 0.6) is 5.75 Å². The number of morpholine rings is 1. The molecule has 2 aromatic heterocycles. The van der Waals surface area contributed by atoms with Crippen LogP contribution in [0.4, 0.5) is 16.0 Å². The van der Waals surface area contributed by atoms with Crippen LogP contribution in [0, 0.1) is 5.82 Å². The summed E-state index contributed by atoms with van der Waals surface area (Å²) in [5, 5.41) is 11.6. The van der Waals surface area contributed by atoms with Gasteiger partial charge in [-0.15, -0.1) is 10.2 Å². The molecule has 11 nitrogen and oxygen atoms in total. The third-order valence-electron chi connectivity index (χ3n) is 7.11. The summed E-state index contributed by atoms with van der Waals surface area (Å²) in [4.78, 5) is 23.6. The van der Waals surface area contributed by atoms with Crippen molar-refractivity contribution in [3.8, 4) is 5.75 Å². The molecule has 3 aliphatic heterocycles. The number of amides is 1. The number of halogens is 1. The minimum atomic E-state index is -0.260. The molecule has 2 fully saturated rings. The Kier molecular flexibility index (Phi) is 6.28. The zero-order chi connectivity index (χ0) is 24.5. The van der Waals surface area contributed by atoms with Gasteiger partial charge in [0.2, 0.25) is 11.9 Å². The molecular weight excluding hydrogens is 467 g/mol. The molecule has 5 heterocycles. The smallest absolute Gasteiger partial charge is 0.236 e. The minimum Gasteiger partial charge on any atom is -0.493 e. The Morgan fingerprint density at radius 2 is 1.92 bits per heavy atom. The van der Waals surface area contributed by atoms with Gasteiger partial charge in [-0.25, -0.2) is 13.8 Å². The number of benzene rings is 1. The number of fused-ring (bicyclic) bond motifs is 2. The third-order valence-corrected chi connectivity index (χ3v) is 7.11. The standard InChI is InChI=1S/C24H29FN8O3/c25-19-1-2-21-17(3-10-36-21)18(19)13-26-24-27-14-20(23-29-28-16-33(23)24)31-4-6-32(7-5-31)22(34)15-30-8-11-35-12-9-30/h1-2,14,16H,3-13,15H2,(H,26,27). The lowest BCUT2D eigenvalue weighted by atomic mass is 10.0. The van der Waals surface area contributed by atoms with Crippen molar-refractivity contribution in [1.29, 1.82) is 0 Å². The van der Waals surface area contributed by atoms with E-state index < -0.39 is 0 Å². The fourth-order valence-electron chi connectivity index (χ4n) is 5.08. The summed E-state index contributed by atoms with van der Waals surface area (Å²) in [6.07, 6.45) is 4.07. The number of aromatic nitrogens is 4. The lowest BCUT2D eigenvalue weighted by Crippen LogP contribution is -2.52. The first kappa shape index (κ1) is 22.9. The van der Waals surface area contributed by atoms with Crippen LogP contribution in [-0.2, 0) is 22.5 Å². The Morgan fingerprint density at radius 1 is 1.08 bits per heavy atom. The van der Waals surface area contributed by atoms with Gasteiger partial charge in [0.1, 0.15) is 23.6 Å². The zero-order valence-electron chi connectivity index (χ0n) is 20.0. The van der Waals surface area contributed by atoms with E-state index in [2.05, 4.69) is 30.3 Å². The molecule has 1 amide bonds. The molecule has 2 saturated heterocycles. The molecule has 6 rings (SSSR count). The maximum atomic E-state index is 14.5. The van der Waals surface area contributed by atoms with E-state index in [9.17, 15) is 9.18 Å². The van der Waals surface area contributed by atoms with Crippen LogP contribution in [-0.4, -0.2) is 101 Å². The van der Waals surface area contributed by atoms with Crippen molar-refractivity contribution >= 4 is 23.2 Å². The fraction of sp³-hybridized carbons (Fsp3) is 0.500. The lowest BCUT2D eigenvalue weighted by Gasteiger charge is -2.37. The predicted molar refractivity (Wildman–Crippen MR) is 130 cm³/mol. The highest BCUT2D eigenvalue weighted by molar-refractivity contribution is 5.79. The number of nitrogens with zero attached hydrogens (tertiary/aromatic N) is 7. The molecule has 36 heavy (non-hydrogen) atoms. The largest absolute Gasteiger partial charge is 0.493 e. The van der Waals surface area contributed by atoms with Crippen LogP contribution in [0.1, 0.15) is 11.1 Å². The lowest BCUT2D eigenvalue weighted by molar-refractivity contribution is -0.133.